The highest BCUT2D eigenvalue weighted by Gasteiger charge is 2.41. The average molecular weight is 340 g/mol. The van der Waals surface area contributed by atoms with Crippen molar-refractivity contribution in [2.45, 2.75) is 30.3 Å². The standard InChI is InChI=1S/C14H13FN2O5S/c1-23(21,22)11-5-7(15)4-8-9(11)6-17(14(8)20)10-2-3-12(18)16-13(10)19/h4-5,10H,2-3,6H2,1H3,(H,16,18,19). The second-order valence-corrected chi connectivity index (χ2v) is 7.59. The smallest absolute Gasteiger partial charge is 0.255 e. The molecule has 0 radical (unpaired) electrons. The number of hydrogen-bond donors (Lipinski definition) is 1. The third-order valence-corrected chi connectivity index (χ3v) is 5.14. The van der Waals surface area contributed by atoms with E-state index in [9.17, 15) is 27.2 Å². The number of benzene rings is 1. The van der Waals surface area contributed by atoms with E-state index < -0.39 is 39.4 Å². The summed E-state index contributed by atoms with van der Waals surface area (Å²) in [6, 6.07) is 0.969. The van der Waals surface area contributed by atoms with Crippen LogP contribution in [0.25, 0.3) is 0 Å². The Morgan fingerprint density at radius 1 is 1.26 bits per heavy atom. The summed E-state index contributed by atoms with van der Waals surface area (Å²) in [5.74, 6) is -2.47. The van der Waals surface area contributed by atoms with Crippen LogP contribution in [0.15, 0.2) is 17.0 Å². The molecule has 1 saturated heterocycles. The first-order valence-electron chi connectivity index (χ1n) is 6.85. The highest BCUT2D eigenvalue weighted by Crippen LogP contribution is 2.32. The van der Waals surface area contributed by atoms with Crippen molar-refractivity contribution in [1.82, 2.24) is 10.2 Å². The number of hydrogen-bond acceptors (Lipinski definition) is 5. The summed E-state index contributed by atoms with van der Waals surface area (Å²) in [6.45, 7) is -0.108. The predicted molar refractivity (Wildman–Crippen MR) is 75.6 cm³/mol. The van der Waals surface area contributed by atoms with Crippen molar-refractivity contribution in [3.63, 3.8) is 0 Å². The summed E-state index contributed by atoms with van der Waals surface area (Å²) in [4.78, 5) is 36.5. The van der Waals surface area contributed by atoms with Crippen LogP contribution in [0.2, 0.25) is 0 Å². The van der Waals surface area contributed by atoms with E-state index in [1.54, 1.807) is 0 Å². The molecule has 7 nitrogen and oxygen atoms in total. The number of halogens is 1. The molecule has 0 bridgehead atoms. The van der Waals surface area contributed by atoms with Gasteiger partial charge < -0.3 is 4.90 Å². The van der Waals surface area contributed by atoms with Crippen LogP contribution in [-0.4, -0.2) is 43.3 Å². The fourth-order valence-electron chi connectivity index (χ4n) is 2.92. The number of sulfone groups is 1. The number of nitrogens with zero attached hydrogens (tertiary/aromatic N) is 1. The number of piperidine rings is 1. The van der Waals surface area contributed by atoms with E-state index in [2.05, 4.69) is 5.32 Å². The van der Waals surface area contributed by atoms with Crippen molar-refractivity contribution in [3.05, 3.63) is 29.1 Å². The van der Waals surface area contributed by atoms with Crippen molar-refractivity contribution in [1.29, 1.82) is 0 Å². The summed E-state index contributed by atoms with van der Waals surface area (Å²) in [7, 11) is -3.72. The summed E-state index contributed by atoms with van der Waals surface area (Å²) >= 11 is 0. The average Bonchev–Trinajstić information content (AvgIpc) is 2.74. The Hall–Kier alpha value is -2.29. The molecular weight excluding hydrogens is 327 g/mol. The van der Waals surface area contributed by atoms with Crippen molar-refractivity contribution in [3.8, 4) is 0 Å². The van der Waals surface area contributed by atoms with Gasteiger partial charge in [0.1, 0.15) is 11.9 Å². The first-order chi connectivity index (χ1) is 10.7. The van der Waals surface area contributed by atoms with Crippen molar-refractivity contribution in [2.75, 3.05) is 6.26 Å². The minimum absolute atomic E-state index is 0.0601. The van der Waals surface area contributed by atoms with Gasteiger partial charge in [0.25, 0.3) is 5.91 Å². The van der Waals surface area contributed by atoms with Crippen LogP contribution >= 0.6 is 0 Å². The fraction of sp³-hybridized carbons (Fsp3) is 0.357. The number of rotatable bonds is 2. The molecule has 1 N–H and O–H groups in total. The largest absolute Gasteiger partial charge is 0.322 e. The molecule has 1 aromatic rings. The molecule has 2 heterocycles. The highest BCUT2D eigenvalue weighted by atomic mass is 32.2. The quantitative estimate of drug-likeness (QED) is 0.763. The van der Waals surface area contributed by atoms with Crippen LogP contribution in [0.1, 0.15) is 28.8 Å². The second kappa shape index (κ2) is 5.12. The van der Waals surface area contributed by atoms with Crippen LogP contribution in [-0.2, 0) is 26.0 Å². The monoisotopic (exact) mass is 340 g/mol. The first-order valence-corrected chi connectivity index (χ1v) is 8.75. The molecule has 3 amide bonds. The van der Waals surface area contributed by atoms with Crippen molar-refractivity contribution < 1.29 is 27.2 Å². The Kier molecular flexibility index (Phi) is 3.47. The van der Waals surface area contributed by atoms with Gasteiger partial charge in [0.05, 0.1) is 4.90 Å². The Morgan fingerprint density at radius 2 is 1.96 bits per heavy atom. The highest BCUT2D eigenvalue weighted by molar-refractivity contribution is 7.90. The third-order valence-electron chi connectivity index (χ3n) is 3.98. The molecule has 0 aromatic heterocycles. The van der Waals surface area contributed by atoms with E-state index in [1.165, 1.54) is 4.90 Å². The zero-order valence-corrected chi connectivity index (χ0v) is 12.9. The van der Waals surface area contributed by atoms with E-state index in [4.69, 9.17) is 0 Å². The summed E-state index contributed by atoms with van der Waals surface area (Å²) < 4.78 is 37.3. The maximum absolute atomic E-state index is 13.7. The molecule has 2 aliphatic rings. The number of fused-ring (bicyclic) bond motifs is 1. The molecule has 0 saturated carbocycles. The zero-order valence-electron chi connectivity index (χ0n) is 12.1. The lowest BCUT2D eigenvalue weighted by atomic mass is 10.0. The molecule has 0 aliphatic carbocycles. The minimum atomic E-state index is -3.72. The SMILES string of the molecule is CS(=O)(=O)c1cc(F)cc2c1CN(C1CCC(=O)NC1=O)C2=O. The van der Waals surface area contributed by atoms with Gasteiger partial charge in [0.15, 0.2) is 9.84 Å². The number of carbonyl (C=O) groups is 3. The lowest BCUT2D eigenvalue weighted by Gasteiger charge is -2.29. The molecule has 1 aromatic carbocycles. The van der Waals surface area contributed by atoms with Crippen LogP contribution in [0.5, 0.6) is 0 Å². The van der Waals surface area contributed by atoms with Gasteiger partial charge >= 0.3 is 0 Å². The Balaban J connectivity index is 2.03. The van der Waals surface area contributed by atoms with Crippen LogP contribution in [0.3, 0.4) is 0 Å². The van der Waals surface area contributed by atoms with E-state index in [-0.39, 0.29) is 35.4 Å². The normalized spacial score (nSPS) is 21.4. The Labute approximate surface area is 131 Å². The molecular formula is C14H13FN2O5S. The van der Waals surface area contributed by atoms with Crippen molar-refractivity contribution >= 4 is 27.6 Å². The van der Waals surface area contributed by atoms with Crippen molar-refractivity contribution in [2.24, 2.45) is 0 Å². The summed E-state index contributed by atoms with van der Waals surface area (Å²) in [5.41, 5.74) is 0.124. The molecule has 23 heavy (non-hydrogen) atoms. The second-order valence-electron chi connectivity index (χ2n) is 5.60. The van der Waals surface area contributed by atoms with Gasteiger partial charge in [-0.1, -0.05) is 0 Å². The molecule has 1 unspecified atom stereocenters. The molecule has 3 rings (SSSR count). The maximum atomic E-state index is 13.7. The molecule has 1 fully saturated rings. The zero-order chi connectivity index (χ0) is 16.9. The lowest BCUT2D eigenvalue weighted by Crippen LogP contribution is -2.52. The van der Waals surface area contributed by atoms with E-state index in [0.29, 0.717) is 0 Å². The van der Waals surface area contributed by atoms with Gasteiger partial charge in [-0.3, -0.25) is 19.7 Å². The summed E-state index contributed by atoms with van der Waals surface area (Å²) in [6.07, 6.45) is 1.17. The van der Waals surface area contributed by atoms with Gasteiger partial charge in [0.2, 0.25) is 11.8 Å². The Morgan fingerprint density at radius 3 is 2.57 bits per heavy atom. The van der Waals surface area contributed by atoms with Crippen LogP contribution < -0.4 is 5.32 Å². The lowest BCUT2D eigenvalue weighted by molar-refractivity contribution is -0.136. The van der Waals surface area contributed by atoms with Crippen LogP contribution in [0, 0.1) is 5.82 Å². The van der Waals surface area contributed by atoms with E-state index in [0.717, 1.165) is 18.4 Å². The molecule has 122 valence electrons. The molecule has 1 atom stereocenters. The topological polar surface area (TPSA) is 101 Å². The molecule has 9 heteroatoms. The summed E-state index contributed by atoms with van der Waals surface area (Å²) in [5, 5.41) is 2.15. The van der Waals surface area contributed by atoms with Gasteiger partial charge in [-0.05, 0) is 18.6 Å². The number of nitrogens with one attached hydrogen (secondary N) is 1. The molecule has 2 aliphatic heterocycles. The first kappa shape index (κ1) is 15.6. The molecule has 0 spiro atoms. The van der Waals surface area contributed by atoms with E-state index in [1.807, 2.05) is 0 Å². The van der Waals surface area contributed by atoms with Gasteiger partial charge in [-0.2, -0.15) is 0 Å². The number of carbonyl (C=O) groups excluding carboxylic acids is 3. The van der Waals surface area contributed by atoms with Gasteiger partial charge in [-0.15, -0.1) is 0 Å². The minimum Gasteiger partial charge on any atom is -0.322 e. The maximum Gasteiger partial charge on any atom is 0.255 e. The number of imide groups is 1. The van der Waals surface area contributed by atoms with Gasteiger partial charge in [0, 0.05) is 30.3 Å². The predicted octanol–water partition coefficient (Wildman–Crippen LogP) is -0.00980. The van der Waals surface area contributed by atoms with Crippen LogP contribution in [0.4, 0.5) is 4.39 Å². The fourth-order valence-corrected chi connectivity index (χ4v) is 3.87. The third kappa shape index (κ3) is 2.61. The van der Waals surface area contributed by atoms with E-state index >= 15 is 0 Å². The number of amides is 3. The Bertz CT molecular complexity index is 849. The van der Waals surface area contributed by atoms with Gasteiger partial charge in [-0.25, -0.2) is 12.8 Å².